The van der Waals surface area contributed by atoms with E-state index in [4.69, 9.17) is 16.4 Å². The van der Waals surface area contributed by atoms with E-state index in [0.29, 0.717) is 33.9 Å². The van der Waals surface area contributed by atoms with Crippen LogP contribution in [0, 0.1) is 0 Å². The van der Waals surface area contributed by atoms with Crippen LogP contribution in [0.1, 0.15) is 47.9 Å². The summed E-state index contributed by atoms with van der Waals surface area (Å²) in [6.07, 6.45) is 4.04. The van der Waals surface area contributed by atoms with Crippen molar-refractivity contribution in [3.05, 3.63) is 118 Å². The number of oxime groups is 1. The number of hydrogen-bond donors (Lipinski definition) is 0. The van der Waals surface area contributed by atoms with Gasteiger partial charge in [0.1, 0.15) is 5.71 Å². The Labute approximate surface area is 242 Å². The van der Waals surface area contributed by atoms with Crippen LogP contribution in [-0.2, 0) is 9.63 Å². The van der Waals surface area contributed by atoms with Crippen LogP contribution in [0.3, 0.4) is 0 Å². The van der Waals surface area contributed by atoms with Crippen LogP contribution in [0.25, 0.3) is 0 Å². The zero-order chi connectivity index (χ0) is 28.2. The van der Waals surface area contributed by atoms with Gasteiger partial charge in [-0.25, -0.2) is 4.79 Å². The molecule has 0 radical (unpaired) electrons. The Morgan fingerprint density at radius 3 is 2.05 bits per heavy atom. The molecule has 0 amide bonds. The number of thioether (sulfide) groups is 2. The summed E-state index contributed by atoms with van der Waals surface area (Å²) in [5, 5.41) is 4.48. The average molecular weight is 578 g/mol. The second-order valence-corrected chi connectivity index (χ2v) is 11.4. The summed E-state index contributed by atoms with van der Waals surface area (Å²) < 4.78 is 0. The molecule has 0 spiro atoms. The van der Waals surface area contributed by atoms with Crippen LogP contribution in [0.5, 0.6) is 0 Å². The summed E-state index contributed by atoms with van der Waals surface area (Å²) in [4.78, 5) is 44.7. The SMILES string of the molecule is CC(=O)O/N=C(\CCSc1ccc(Cl)cc1)C(=O)c1ccc(S/C(C)=C/C=C(\C)C(=O)c2ccccc2)cc1. The first-order valence-electron chi connectivity index (χ1n) is 12.1. The molecule has 0 aromatic heterocycles. The highest BCUT2D eigenvalue weighted by atomic mass is 35.5. The average Bonchev–Trinajstić information content (AvgIpc) is 2.94. The van der Waals surface area contributed by atoms with E-state index >= 15 is 0 Å². The number of carbonyl (C=O) groups is 3. The van der Waals surface area contributed by atoms with E-state index in [2.05, 4.69) is 5.16 Å². The fourth-order valence-electron chi connectivity index (χ4n) is 3.31. The highest BCUT2D eigenvalue weighted by Crippen LogP contribution is 2.27. The quantitative estimate of drug-likeness (QED) is 0.0409. The molecule has 0 atom stereocenters. The lowest BCUT2D eigenvalue weighted by Crippen LogP contribution is -2.16. The molecule has 3 aromatic rings. The van der Waals surface area contributed by atoms with Gasteiger partial charge in [0, 0.05) is 45.0 Å². The third kappa shape index (κ3) is 10.0. The van der Waals surface area contributed by atoms with E-state index < -0.39 is 5.97 Å². The predicted octanol–water partition coefficient (Wildman–Crippen LogP) is 8.45. The van der Waals surface area contributed by atoms with Gasteiger partial charge >= 0.3 is 5.97 Å². The summed E-state index contributed by atoms with van der Waals surface area (Å²) >= 11 is 9.02. The highest BCUT2D eigenvalue weighted by molar-refractivity contribution is 8.03. The van der Waals surface area contributed by atoms with Crippen molar-refractivity contribution in [1.82, 2.24) is 0 Å². The minimum atomic E-state index is -0.589. The third-order valence-electron chi connectivity index (χ3n) is 5.33. The van der Waals surface area contributed by atoms with Gasteiger partial charge in [-0.15, -0.1) is 11.8 Å². The number of hydrogen-bond acceptors (Lipinski definition) is 7. The number of carbonyl (C=O) groups excluding carboxylic acids is 3. The molecule has 200 valence electrons. The second-order valence-electron chi connectivity index (χ2n) is 8.45. The van der Waals surface area contributed by atoms with Crippen molar-refractivity contribution in [3.8, 4) is 0 Å². The van der Waals surface area contributed by atoms with Crippen LogP contribution < -0.4 is 0 Å². The number of benzene rings is 3. The molecule has 0 N–H and O–H groups in total. The van der Waals surface area contributed by atoms with E-state index in [1.54, 1.807) is 55.1 Å². The first-order chi connectivity index (χ1) is 18.7. The number of ketones is 2. The molecule has 0 fully saturated rings. The van der Waals surface area contributed by atoms with Crippen LogP contribution in [-0.4, -0.2) is 29.0 Å². The monoisotopic (exact) mass is 577 g/mol. The molecule has 3 aromatic carbocycles. The fourth-order valence-corrected chi connectivity index (χ4v) is 5.08. The summed E-state index contributed by atoms with van der Waals surface area (Å²) in [6.45, 7) is 5.00. The van der Waals surface area contributed by atoms with E-state index in [-0.39, 0.29) is 17.3 Å². The molecule has 3 rings (SSSR count). The summed E-state index contributed by atoms with van der Waals surface area (Å²) in [5.74, 6) is -0.319. The van der Waals surface area contributed by atoms with Crippen molar-refractivity contribution < 1.29 is 19.2 Å². The Hall–Kier alpha value is -3.39. The van der Waals surface area contributed by atoms with Crippen molar-refractivity contribution in [2.45, 2.75) is 37.0 Å². The first-order valence-corrected chi connectivity index (χ1v) is 14.3. The molecule has 5 nitrogen and oxygen atoms in total. The maximum absolute atomic E-state index is 13.1. The Morgan fingerprint density at radius 2 is 1.41 bits per heavy atom. The summed E-state index contributed by atoms with van der Waals surface area (Å²) in [7, 11) is 0. The molecule has 0 bridgehead atoms. The molecule has 0 aliphatic carbocycles. The largest absolute Gasteiger partial charge is 0.331 e. The molecule has 0 heterocycles. The van der Waals surface area contributed by atoms with Crippen molar-refractivity contribution in [3.63, 3.8) is 0 Å². The van der Waals surface area contributed by atoms with Crippen molar-refractivity contribution in [2.75, 3.05) is 5.75 Å². The molecule has 39 heavy (non-hydrogen) atoms. The topological polar surface area (TPSA) is 72.8 Å². The molecule has 0 saturated heterocycles. The molecular weight excluding hydrogens is 550 g/mol. The van der Waals surface area contributed by atoms with Gasteiger partial charge in [0.15, 0.2) is 5.78 Å². The van der Waals surface area contributed by atoms with Gasteiger partial charge in [-0.1, -0.05) is 71.0 Å². The maximum atomic E-state index is 13.1. The molecule has 8 heteroatoms. The molecular formula is C31H28ClNO4S2. The summed E-state index contributed by atoms with van der Waals surface area (Å²) in [5.41, 5.74) is 1.93. The van der Waals surface area contributed by atoms with E-state index in [0.717, 1.165) is 14.7 Å². The van der Waals surface area contributed by atoms with E-state index in [1.165, 1.54) is 18.7 Å². The van der Waals surface area contributed by atoms with Crippen LogP contribution in [0.4, 0.5) is 0 Å². The Kier molecular flexibility index (Phi) is 11.8. The minimum absolute atomic E-state index is 0.00898. The molecule has 0 saturated carbocycles. The Bertz CT molecular complexity index is 1400. The Balaban J connectivity index is 1.63. The third-order valence-corrected chi connectivity index (χ3v) is 7.56. The minimum Gasteiger partial charge on any atom is -0.318 e. The lowest BCUT2D eigenvalue weighted by Gasteiger charge is -2.07. The van der Waals surface area contributed by atoms with Crippen LogP contribution in [0.2, 0.25) is 5.02 Å². The Morgan fingerprint density at radius 1 is 0.795 bits per heavy atom. The van der Waals surface area contributed by atoms with Crippen LogP contribution in [0.15, 0.2) is 116 Å². The van der Waals surface area contributed by atoms with Crippen molar-refractivity contribution >= 4 is 58.4 Å². The normalized spacial score (nSPS) is 12.3. The van der Waals surface area contributed by atoms with Gasteiger partial charge in [0.2, 0.25) is 5.78 Å². The van der Waals surface area contributed by atoms with E-state index in [9.17, 15) is 14.4 Å². The maximum Gasteiger partial charge on any atom is 0.331 e. The van der Waals surface area contributed by atoms with Gasteiger partial charge in [-0.05, 0) is 72.9 Å². The van der Waals surface area contributed by atoms with Gasteiger partial charge in [-0.2, -0.15) is 0 Å². The van der Waals surface area contributed by atoms with Crippen molar-refractivity contribution in [1.29, 1.82) is 0 Å². The predicted molar refractivity (Wildman–Crippen MR) is 161 cm³/mol. The zero-order valence-corrected chi connectivity index (χ0v) is 24.2. The van der Waals surface area contributed by atoms with Gasteiger partial charge < -0.3 is 4.84 Å². The van der Waals surface area contributed by atoms with Gasteiger partial charge in [-0.3, -0.25) is 9.59 Å². The van der Waals surface area contributed by atoms with Crippen molar-refractivity contribution in [2.24, 2.45) is 5.16 Å². The number of rotatable bonds is 12. The van der Waals surface area contributed by atoms with Crippen LogP contribution >= 0.6 is 35.1 Å². The highest BCUT2D eigenvalue weighted by Gasteiger charge is 2.16. The lowest BCUT2D eigenvalue weighted by atomic mass is 10.0. The fraction of sp³-hybridized carbons (Fsp3) is 0.161. The number of Topliss-reactive ketones (excluding diaryl/α,β-unsaturated/α-hetero) is 2. The molecule has 0 aliphatic heterocycles. The second kappa shape index (κ2) is 15.3. The standard InChI is InChI=1S/C31H28ClNO4S2/c1-21(30(35)24-7-5-4-6-8-24)9-10-22(2)39-28-15-11-25(12-16-28)31(36)29(33-37-23(3)34)19-20-38-27-17-13-26(32)14-18-27/h4-18H,19-20H2,1-3H3/b21-9+,22-10+,33-29+. The smallest absolute Gasteiger partial charge is 0.318 e. The first kappa shape index (κ1) is 30.2. The number of allylic oxidation sites excluding steroid dienone is 4. The molecule has 0 aliphatic rings. The van der Waals surface area contributed by atoms with E-state index in [1.807, 2.05) is 61.5 Å². The number of nitrogens with zero attached hydrogens (tertiary/aromatic N) is 1. The lowest BCUT2D eigenvalue weighted by molar-refractivity contribution is -0.140. The van der Waals surface area contributed by atoms with Gasteiger partial charge in [0.25, 0.3) is 0 Å². The van der Waals surface area contributed by atoms with Gasteiger partial charge in [0.05, 0.1) is 0 Å². The number of halogens is 1. The zero-order valence-electron chi connectivity index (χ0n) is 21.8. The summed E-state index contributed by atoms with van der Waals surface area (Å²) in [6, 6.07) is 23.8. The molecule has 0 unspecified atom stereocenters.